The van der Waals surface area contributed by atoms with Crippen LogP contribution >= 0.6 is 0 Å². The lowest BCUT2D eigenvalue weighted by Crippen LogP contribution is -2.51. The van der Waals surface area contributed by atoms with Gasteiger partial charge in [0.05, 0.1) is 11.5 Å². The van der Waals surface area contributed by atoms with Crippen molar-refractivity contribution in [2.75, 3.05) is 25.0 Å². The second-order valence-corrected chi connectivity index (χ2v) is 7.70. The number of aliphatic hydroxyl groups is 1. The molecule has 2 saturated carbocycles. The second-order valence-electron chi connectivity index (χ2n) is 7.70. The van der Waals surface area contributed by atoms with E-state index in [0.29, 0.717) is 6.54 Å². The van der Waals surface area contributed by atoms with Crippen LogP contribution in [0, 0.1) is 5.41 Å². The molecule has 0 saturated heterocycles. The molecule has 4 nitrogen and oxygen atoms in total. The summed E-state index contributed by atoms with van der Waals surface area (Å²) >= 11 is 0. The van der Waals surface area contributed by atoms with Gasteiger partial charge in [0.25, 0.3) is 0 Å². The highest BCUT2D eigenvalue weighted by Crippen LogP contribution is 2.60. The fraction of sp³-hybridized carbons (Fsp3) is 0.632. The highest BCUT2D eigenvalue weighted by molar-refractivity contribution is 5.86. The van der Waals surface area contributed by atoms with E-state index in [1.54, 1.807) is 0 Å². The van der Waals surface area contributed by atoms with Gasteiger partial charge in [0.2, 0.25) is 5.91 Å². The largest absolute Gasteiger partial charge is 0.389 e. The molecule has 0 aromatic heterocycles. The molecule has 1 aliphatic heterocycles. The Bertz CT molecular complexity index is 620. The lowest BCUT2D eigenvalue weighted by Gasteiger charge is -2.44. The minimum atomic E-state index is -0.509. The molecule has 0 radical (unpaired) electrons. The van der Waals surface area contributed by atoms with Gasteiger partial charge in [-0.1, -0.05) is 18.2 Å². The Morgan fingerprint density at radius 3 is 2.70 bits per heavy atom. The Morgan fingerprint density at radius 1 is 1.30 bits per heavy atom. The minimum Gasteiger partial charge on any atom is -0.389 e. The first-order valence-electron chi connectivity index (χ1n) is 8.85. The van der Waals surface area contributed by atoms with Crippen molar-refractivity contribution in [1.29, 1.82) is 0 Å². The topological polar surface area (TPSA) is 52.6 Å². The third-order valence-corrected chi connectivity index (χ3v) is 6.42. The van der Waals surface area contributed by atoms with E-state index in [1.807, 2.05) is 12.1 Å². The Kier molecular flexibility index (Phi) is 3.41. The van der Waals surface area contributed by atoms with Gasteiger partial charge >= 0.3 is 0 Å². The van der Waals surface area contributed by atoms with Crippen molar-refractivity contribution in [3.8, 4) is 0 Å². The summed E-state index contributed by atoms with van der Waals surface area (Å²) < 4.78 is 0. The average molecular weight is 314 g/mol. The molecule has 2 aliphatic carbocycles. The van der Waals surface area contributed by atoms with Gasteiger partial charge in [0.15, 0.2) is 0 Å². The van der Waals surface area contributed by atoms with Crippen LogP contribution in [0.2, 0.25) is 0 Å². The van der Waals surface area contributed by atoms with Crippen LogP contribution in [0.1, 0.15) is 50.0 Å². The van der Waals surface area contributed by atoms with Gasteiger partial charge in [-0.15, -0.1) is 0 Å². The van der Waals surface area contributed by atoms with Gasteiger partial charge in [0.1, 0.15) is 0 Å². The summed E-state index contributed by atoms with van der Waals surface area (Å²) in [4.78, 5) is 15.0. The first kappa shape index (κ1) is 15.0. The van der Waals surface area contributed by atoms with Crippen molar-refractivity contribution in [2.24, 2.45) is 5.41 Å². The third-order valence-electron chi connectivity index (χ3n) is 6.42. The van der Waals surface area contributed by atoms with Crippen molar-refractivity contribution in [2.45, 2.75) is 50.0 Å². The predicted octanol–water partition coefficient (Wildman–Crippen LogP) is 2.42. The van der Waals surface area contributed by atoms with Crippen LogP contribution in [0.15, 0.2) is 24.3 Å². The molecule has 23 heavy (non-hydrogen) atoms. The van der Waals surface area contributed by atoms with E-state index in [-0.39, 0.29) is 17.2 Å². The lowest BCUT2D eigenvalue weighted by molar-refractivity contribution is -0.125. The van der Waals surface area contributed by atoms with Crippen LogP contribution in [0.4, 0.5) is 5.69 Å². The molecule has 1 aromatic carbocycles. The molecule has 0 spiro atoms. The molecule has 3 aliphatic rings. The quantitative estimate of drug-likeness (QED) is 0.897. The maximum Gasteiger partial charge on any atom is 0.227 e. The molecular weight excluding hydrogens is 288 g/mol. The number of nitrogens with zero attached hydrogens (tertiary/aromatic N) is 1. The van der Waals surface area contributed by atoms with E-state index in [9.17, 15) is 9.90 Å². The van der Waals surface area contributed by atoms with Gasteiger partial charge in [-0.3, -0.25) is 4.79 Å². The Balaban J connectivity index is 1.45. The molecular formula is C19H26N2O2. The van der Waals surface area contributed by atoms with Gasteiger partial charge in [0, 0.05) is 31.2 Å². The number of para-hydroxylation sites is 1. The Labute approximate surface area is 137 Å². The molecule has 4 rings (SSSR count). The fourth-order valence-electron chi connectivity index (χ4n) is 4.38. The number of carbonyl (C=O) groups excluding carboxylic acids is 1. The summed E-state index contributed by atoms with van der Waals surface area (Å²) in [7, 11) is 2.08. The molecule has 2 fully saturated rings. The zero-order chi connectivity index (χ0) is 16.1. The first-order valence-corrected chi connectivity index (χ1v) is 8.85. The van der Waals surface area contributed by atoms with E-state index in [2.05, 4.69) is 29.4 Å². The van der Waals surface area contributed by atoms with E-state index in [4.69, 9.17) is 0 Å². The SMILES string of the molecule is CN1CCC(C(=O)NCC2(C3(O)CCC3)CC2)c2ccccc21. The minimum absolute atomic E-state index is 0.0358. The summed E-state index contributed by atoms with van der Waals surface area (Å²) in [5.74, 6) is 0.0639. The van der Waals surface area contributed by atoms with Crippen LogP contribution < -0.4 is 10.2 Å². The Morgan fingerprint density at radius 2 is 2.04 bits per heavy atom. The number of hydrogen-bond acceptors (Lipinski definition) is 3. The van der Waals surface area contributed by atoms with Crippen LogP contribution in [-0.2, 0) is 4.79 Å². The molecule has 1 atom stereocenters. The highest BCUT2D eigenvalue weighted by Gasteiger charge is 2.60. The van der Waals surface area contributed by atoms with Gasteiger partial charge in [-0.25, -0.2) is 0 Å². The zero-order valence-electron chi connectivity index (χ0n) is 13.8. The van der Waals surface area contributed by atoms with Crippen molar-refractivity contribution >= 4 is 11.6 Å². The Hall–Kier alpha value is -1.55. The van der Waals surface area contributed by atoms with E-state index in [0.717, 1.165) is 56.3 Å². The molecule has 1 aromatic rings. The molecule has 1 amide bonds. The molecule has 124 valence electrons. The van der Waals surface area contributed by atoms with Crippen LogP contribution in [-0.4, -0.2) is 36.8 Å². The summed E-state index contributed by atoms with van der Waals surface area (Å²) in [5, 5.41) is 13.8. The smallest absolute Gasteiger partial charge is 0.227 e. The summed E-state index contributed by atoms with van der Waals surface area (Å²) in [5.41, 5.74) is 1.75. The molecule has 1 heterocycles. The van der Waals surface area contributed by atoms with Crippen molar-refractivity contribution in [3.63, 3.8) is 0 Å². The number of rotatable bonds is 4. The van der Waals surface area contributed by atoms with Crippen molar-refractivity contribution in [3.05, 3.63) is 29.8 Å². The van der Waals surface area contributed by atoms with E-state index >= 15 is 0 Å². The highest BCUT2D eigenvalue weighted by atomic mass is 16.3. The number of nitrogens with one attached hydrogen (secondary N) is 1. The predicted molar refractivity (Wildman–Crippen MR) is 90.5 cm³/mol. The second kappa shape index (κ2) is 5.23. The average Bonchev–Trinajstić information content (AvgIpc) is 3.32. The number of anilines is 1. The van der Waals surface area contributed by atoms with Crippen LogP contribution in [0.5, 0.6) is 0 Å². The number of carbonyl (C=O) groups is 1. The van der Waals surface area contributed by atoms with Crippen LogP contribution in [0.3, 0.4) is 0 Å². The van der Waals surface area contributed by atoms with Gasteiger partial charge in [-0.05, 0) is 50.2 Å². The molecule has 4 heteroatoms. The monoisotopic (exact) mass is 314 g/mol. The standard InChI is InChI=1S/C19H26N2O2/c1-21-12-7-15(14-5-2-3-6-16(14)21)17(22)20-13-18(10-11-18)19(23)8-4-9-19/h2-3,5-6,15,23H,4,7-13H2,1H3,(H,20,22). The lowest BCUT2D eigenvalue weighted by atomic mass is 9.68. The van der Waals surface area contributed by atoms with E-state index < -0.39 is 5.60 Å². The third kappa shape index (κ3) is 2.35. The zero-order valence-corrected chi connectivity index (χ0v) is 13.8. The van der Waals surface area contributed by atoms with E-state index in [1.165, 1.54) is 0 Å². The maximum atomic E-state index is 12.8. The van der Waals surface area contributed by atoms with Gasteiger partial charge in [-0.2, -0.15) is 0 Å². The number of fused-ring (bicyclic) bond motifs is 1. The molecule has 1 unspecified atom stereocenters. The summed E-state index contributed by atoms with van der Waals surface area (Å²) in [6.07, 6.45) is 5.88. The fourth-order valence-corrected chi connectivity index (χ4v) is 4.38. The van der Waals surface area contributed by atoms with Crippen molar-refractivity contribution in [1.82, 2.24) is 5.32 Å². The van der Waals surface area contributed by atoms with Gasteiger partial charge < -0.3 is 15.3 Å². The number of benzene rings is 1. The summed E-state index contributed by atoms with van der Waals surface area (Å²) in [6, 6.07) is 8.20. The number of hydrogen-bond donors (Lipinski definition) is 2. The maximum absolute atomic E-state index is 12.8. The summed E-state index contributed by atoms with van der Waals surface area (Å²) in [6.45, 7) is 1.54. The normalized spacial score (nSPS) is 26.9. The van der Waals surface area contributed by atoms with Crippen LogP contribution in [0.25, 0.3) is 0 Å². The molecule has 0 bridgehead atoms. The molecule has 2 N–H and O–H groups in total. The van der Waals surface area contributed by atoms with Crippen molar-refractivity contribution < 1.29 is 9.90 Å². The first-order chi connectivity index (χ1) is 11.0. The number of amides is 1.